The molecular formula is C16H25FN2S. The maximum atomic E-state index is 13.8. The molecule has 20 heavy (non-hydrogen) atoms. The lowest BCUT2D eigenvalue weighted by Gasteiger charge is -2.28. The number of benzene rings is 1. The van der Waals surface area contributed by atoms with Gasteiger partial charge >= 0.3 is 0 Å². The number of hydrogen-bond donors (Lipinski definition) is 1. The van der Waals surface area contributed by atoms with E-state index in [0.717, 1.165) is 36.5 Å². The highest BCUT2D eigenvalue weighted by Crippen LogP contribution is 2.35. The average molecular weight is 296 g/mol. The Morgan fingerprint density at radius 2 is 2.05 bits per heavy atom. The van der Waals surface area contributed by atoms with Gasteiger partial charge in [0.2, 0.25) is 0 Å². The smallest absolute Gasteiger partial charge is 0.126 e. The van der Waals surface area contributed by atoms with Gasteiger partial charge in [-0.3, -0.25) is 0 Å². The van der Waals surface area contributed by atoms with E-state index in [9.17, 15) is 4.39 Å². The summed E-state index contributed by atoms with van der Waals surface area (Å²) in [5.74, 6) is 0.938. The lowest BCUT2D eigenvalue weighted by atomic mass is 10.0. The van der Waals surface area contributed by atoms with Crippen LogP contribution >= 0.6 is 11.8 Å². The summed E-state index contributed by atoms with van der Waals surface area (Å²) >= 11 is 2.01. The molecule has 0 aromatic heterocycles. The van der Waals surface area contributed by atoms with Crippen molar-refractivity contribution in [2.45, 2.75) is 44.9 Å². The van der Waals surface area contributed by atoms with Crippen LogP contribution in [-0.2, 0) is 0 Å². The van der Waals surface area contributed by atoms with E-state index in [4.69, 9.17) is 5.73 Å². The van der Waals surface area contributed by atoms with E-state index < -0.39 is 0 Å². The second kappa shape index (κ2) is 5.94. The van der Waals surface area contributed by atoms with E-state index in [1.54, 1.807) is 6.07 Å². The van der Waals surface area contributed by atoms with Gasteiger partial charge in [0, 0.05) is 35.3 Å². The van der Waals surface area contributed by atoms with Crippen molar-refractivity contribution in [3.8, 4) is 0 Å². The predicted octanol–water partition coefficient (Wildman–Crippen LogP) is 3.88. The standard InChI is InChI=1S/C16H25FN2S/c1-11-9-15(13(12(2)18)10-14(11)17)19-6-5-16(3,4)20-8-7-19/h9-10,12H,5-8,18H2,1-4H3. The Labute approximate surface area is 125 Å². The largest absolute Gasteiger partial charge is 0.370 e. The molecule has 1 aromatic rings. The Morgan fingerprint density at radius 1 is 1.35 bits per heavy atom. The van der Waals surface area contributed by atoms with Crippen LogP contribution in [0.1, 0.15) is 44.4 Å². The van der Waals surface area contributed by atoms with Gasteiger partial charge in [-0.15, -0.1) is 0 Å². The van der Waals surface area contributed by atoms with Crippen LogP contribution in [-0.4, -0.2) is 23.6 Å². The third-order valence-corrected chi connectivity index (χ3v) is 5.35. The molecule has 2 nitrogen and oxygen atoms in total. The number of nitrogens with zero attached hydrogens (tertiary/aromatic N) is 1. The fourth-order valence-electron chi connectivity index (χ4n) is 2.58. The zero-order chi connectivity index (χ0) is 14.9. The van der Waals surface area contributed by atoms with Crippen molar-refractivity contribution < 1.29 is 4.39 Å². The number of rotatable bonds is 2. The summed E-state index contributed by atoms with van der Waals surface area (Å²) < 4.78 is 14.1. The molecular weight excluding hydrogens is 271 g/mol. The molecule has 1 aromatic carbocycles. The molecule has 1 unspecified atom stereocenters. The van der Waals surface area contributed by atoms with Crippen LogP contribution in [0.5, 0.6) is 0 Å². The molecule has 2 N–H and O–H groups in total. The first-order valence-electron chi connectivity index (χ1n) is 7.25. The third-order valence-electron chi connectivity index (χ3n) is 3.98. The summed E-state index contributed by atoms with van der Waals surface area (Å²) in [6.07, 6.45) is 1.13. The van der Waals surface area contributed by atoms with Crippen LogP contribution in [0.3, 0.4) is 0 Å². The molecule has 1 atom stereocenters. The van der Waals surface area contributed by atoms with Crippen LogP contribution in [0.25, 0.3) is 0 Å². The molecule has 1 aliphatic rings. The zero-order valence-corrected chi connectivity index (χ0v) is 13.7. The molecule has 1 heterocycles. The summed E-state index contributed by atoms with van der Waals surface area (Å²) in [7, 11) is 0. The van der Waals surface area contributed by atoms with Gasteiger partial charge in [-0.2, -0.15) is 11.8 Å². The number of aryl methyl sites for hydroxylation is 1. The first-order valence-corrected chi connectivity index (χ1v) is 8.23. The molecule has 0 saturated carbocycles. The predicted molar refractivity (Wildman–Crippen MR) is 87.1 cm³/mol. The van der Waals surface area contributed by atoms with Gasteiger partial charge in [0.05, 0.1) is 0 Å². The fourth-order valence-corrected chi connectivity index (χ4v) is 3.68. The van der Waals surface area contributed by atoms with Crippen molar-refractivity contribution in [2.24, 2.45) is 5.73 Å². The van der Waals surface area contributed by atoms with Gasteiger partial charge in [0.15, 0.2) is 0 Å². The number of nitrogens with two attached hydrogens (primary N) is 1. The van der Waals surface area contributed by atoms with Gasteiger partial charge in [-0.1, -0.05) is 13.8 Å². The van der Waals surface area contributed by atoms with Crippen LogP contribution in [0.4, 0.5) is 10.1 Å². The van der Waals surface area contributed by atoms with Crippen LogP contribution in [0, 0.1) is 12.7 Å². The molecule has 4 heteroatoms. The highest BCUT2D eigenvalue weighted by molar-refractivity contribution is 8.00. The normalized spacial score (nSPS) is 20.6. The highest BCUT2D eigenvalue weighted by atomic mass is 32.2. The minimum atomic E-state index is -0.162. The zero-order valence-electron chi connectivity index (χ0n) is 12.9. The Kier molecular flexibility index (Phi) is 4.65. The first-order chi connectivity index (χ1) is 9.30. The number of halogens is 1. The highest BCUT2D eigenvalue weighted by Gasteiger charge is 2.25. The minimum Gasteiger partial charge on any atom is -0.370 e. The lowest BCUT2D eigenvalue weighted by molar-refractivity contribution is 0.609. The number of anilines is 1. The van der Waals surface area contributed by atoms with Gasteiger partial charge in [-0.05, 0) is 43.5 Å². The quantitative estimate of drug-likeness (QED) is 0.898. The second-order valence-electron chi connectivity index (χ2n) is 6.29. The maximum absolute atomic E-state index is 13.8. The van der Waals surface area contributed by atoms with E-state index in [0.29, 0.717) is 10.3 Å². The maximum Gasteiger partial charge on any atom is 0.126 e. The summed E-state index contributed by atoms with van der Waals surface area (Å²) in [4.78, 5) is 2.37. The third kappa shape index (κ3) is 3.47. The van der Waals surface area contributed by atoms with Gasteiger partial charge in [-0.25, -0.2) is 4.39 Å². The Balaban J connectivity index is 2.34. The molecule has 1 fully saturated rings. The van der Waals surface area contributed by atoms with E-state index in [2.05, 4.69) is 18.7 Å². The lowest BCUT2D eigenvalue weighted by Crippen LogP contribution is -2.29. The van der Waals surface area contributed by atoms with E-state index in [1.807, 2.05) is 31.7 Å². The molecule has 0 bridgehead atoms. The van der Waals surface area contributed by atoms with Crippen molar-refractivity contribution in [3.05, 3.63) is 29.1 Å². The van der Waals surface area contributed by atoms with Crippen LogP contribution in [0.2, 0.25) is 0 Å². The second-order valence-corrected chi connectivity index (χ2v) is 8.10. The number of thioether (sulfide) groups is 1. The Morgan fingerprint density at radius 3 is 2.70 bits per heavy atom. The van der Waals surface area contributed by atoms with Crippen LogP contribution < -0.4 is 10.6 Å². The van der Waals surface area contributed by atoms with E-state index in [1.165, 1.54) is 0 Å². The SMILES string of the molecule is Cc1cc(N2CCSC(C)(C)CC2)c(C(C)N)cc1F. The molecule has 1 aliphatic heterocycles. The average Bonchev–Trinajstić information content (AvgIpc) is 2.53. The topological polar surface area (TPSA) is 29.3 Å². The van der Waals surface area contributed by atoms with Crippen molar-refractivity contribution in [2.75, 3.05) is 23.7 Å². The molecule has 0 amide bonds. The summed E-state index contributed by atoms with van der Waals surface area (Å²) in [5.41, 5.74) is 8.75. The molecule has 2 rings (SSSR count). The van der Waals surface area contributed by atoms with Crippen molar-refractivity contribution in [1.29, 1.82) is 0 Å². The summed E-state index contributed by atoms with van der Waals surface area (Å²) in [6, 6.07) is 3.42. The fraction of sp³-hybridized carbons (Fsp3) is 0.625. The molecule has 1 saturated heterocycles. The monoisotopic (exact) mass is 296 g/mol. The Hall–Kier alpha value is -0.740. The van der Waals surface area contributed by atoms with E-state index >= 15 is 0 Å². The van der Waals surface area contributed by atoms with Crippen molar-refractivity contribution in [1.82, 2.24) is 0 Å². The molecule has 0 radical (unpaired) electrons. The van der Waals surface area contributed by atoms with Gasteiger partial charge < -0.3 is 10.6 Å². The molecule has 112 valence electrons. The van der Waals surface area contributed by atoms with Gasteiger partial charge in [0.25, 0.3) is 0 Å². The molecule has 0 aliphatic carbocycles. The molecule has 0 spiro atoms. The summed E-state index contributed by atoms with van der Waals surface area (Å²) in [6.45, 7) is 10.3. The van der Waals surface area contributed by atoms with E-state index in [-0.39, 0.29) is 11.9 Å². The summed E-state index contributed by atoms with van der Waals surface area (Å²) in [5, 5.41) is 0. The number of hydrogen-bond acceptors (Lipinski definition) is 3. The van der Waals surface area contributed by atoms with Crippen molar-refractivity contribution >= 4 is 17.4 Å². The first kappa shape index (κ1) is 15.6. The van der Waals surface area contributed by atoms with Crippen molar-refractivity contribution in [3.63, 3.8) is 0 Å². The van der Waals surface area contributed by atoms with Crippen LogP contribution in [0.15, 0.2) is 12.1 Å². The van der Waals surface area contributed by atoms with Gasteiger partial charge in [0.1, 0.15) is 5.82 Å². The Bertz CT molecular complexity index is 486. The minimum absolute atomic E-state index is 0.149.